The molecule has 0 saturated heterocycles. The van der Waals surface area contributed by atoms with Crippen LogP contribution in [0.4, 0.5) is 0 Å². The van der Waals surface area contributed by atoms with Crippen LogP contribution in [-0.4, -0.2) is 34.2 Å². The van der Waals surface area contributed by atoms with Gasteiger partial charge in [-0.1, -0.05) is 6.42 Å². The number of aliphatic carboxylic acids is 1. The molecule has 0 atom stereocenters. The number of carboxylic acids is 1. The van der Waals surface area contributed by atoms with Crippen molar-refractivity contribution in [2.45, 2.75) is 57.5 Å². The summed E-state index contributed by atoms with van der Waals surface area (Å²) >= 11 is 1.49. The summed E-state index contributed by atoms with van der Waals surface area (Å²) in [5, 5.41) is 8.47. The van der Waals surface area contributed by atoms with E-state index in [9.17, 15) is 9.59 Å². The minimum atomic E-state index is -0.792. The van der Waals surface area contributed by atoms with E-state index in [4.69, 9.17) is 9.84 Å². The molecule has 0 aromatic heterocycles. The number of carbonyl (C=O) groups is 2. The van der Waals surface area contributed by atoms with Crippen molar-refractivity contribution in [1.29, 1.82) is 0 Å². The van der Waals surface area contributed by atoms with Crippen LogP contribution in [0.1, 0.15) is 51.9 Å². The zero-order valence-electron chi connectivity index (χ0n) is 10.9. The van der Waals surface area contributed by atoms with Crippen LogP contribution in [0.2, 0.25) is 0 Å². The van der Waals surface area contributed by atoms with Gasteiger partial charge in [-0.3, -0.25) is 9.59 Å². The first-order valence-electron chi connectivity index (χ1n) is 6.53. The number of hydrogen-bond donors (Lipinski definition) is 1. The summed E-state index contributed by atoms with van der Waals surface area (Å²) in [5.74, 6) is 0.254. The van der Waals surface area contributed by atoms with Crippen molar-refractivity contribution in [1.82, 2.24) is 0 Å². The summed E-state index contributed by atoms with van der Waals surface area (Å²) in [7, 11) is 0. The summed E-state index contributed by atoms with van der Waals surface area (Å²) in [6, 6.07) is 0. The lowest BCUT2D eigenvalue weighted by molar-refractivity contribution is -0.160. The minimum absolute atomic E-state index is 0.150. The molecule has 0 aromatic rings. The molecule has 0 aromatic carbocycles. The fraction of sp³-hybridized carbons (Fsp3) is 0.846. The first-order valence-corrected chi connectivity index (χ1v) is 7.69. The van der Waals surface area contributed by atoms with Crippen LogP contribution in [0.15, 0.2) is 0 Å². The Morgan fingerprint density at radius 2 is 1.78 bits per heavy atom. The first-order chi connectivity index (χ1) is 8.52. The van der Waals surface area contributed by atoms with Crippen LogP contribution in [0.3, 0.4) is 0 Å². The minimum Gasteiger partial charge on any atom is -0.481 e. The number of carboxylic acid groups (broad SMARTS) is 1. The highest BCUT2D eigenvalue weighted by Gasteiger charge is 2.30. The van der Waals surface area contributed by atoms with E-state index in [1.165, 1.54) is 18.2 Å². The molecule has 1 aliphatic carbocycles. The molecule has 0 bridgehead atoms. The highest BCUT2D eigenvalue weighted by molar-refractivity contribution is 7.99. The molecule has 4 nitrogen and oxygen atoms in total. The second-order valence-corrected chi connectivity index (χ2v) is 6.22. The third kappa shape index (κ3) is 6.28. The molecule has 1 saturated carbocycles. The van der Waals surface area contributed by atoms with Gasteiger partial charge in [0.2, 0.25) is 0 Å². The van der Waals surface area contributed by atoms with E-state index >= 15 is 0 Å². The van der Waals surface area contributed by atoms with E-state index in [1.54, 1.807) is 0 Å². The quantitative estimate of drug-likeness (QED) is 0.571. The lowest BCUT2D eigenvalue weighted by Gasteiger charge is -2.33. The monoisotopic (exact) mass is 274 g/mol. The maximum atomic E-state index is 11.7. The lowest BCUT2D eigenvalue weighted by atomic mass is 9.86. The molecule has 1 aliphatic rings. The van der Waals surface area contributed by atoms with Gasteiger partial charge >= 0.3 is 11.9 Å². The second-order valence-electron chi connectivity index (χ2n) is 4.99. The molecule has 1 fully saturated rings. The molecular weight excluding hydrogens is 252 g/mol. The molecule has 0 amide bonds. The van der Waals surface area contributed by atoms with Gasteiger partial charge < -0.3 is 9.84 Å². The molecule has 0 unspecified atom stereocenters. The van der Waals surface area contributed by atoms with Gasteiger partial charge in [-0.25, -0.2) is 0 Å². The number of hydrogen-bond acceptors (Lipinski definition) is 4. The van der Waals surface area contributed by atoms with E-state index in [1.807, 2.05) is 6.92 Å². The highest BCUT2D eigenvalue weighted by atomic mass is 32.2. The van der Waals surface area contributed by atoms with Crippen molar-refractivity contribution < 1.29 is 19.4 Å². The topological polar surface area (TPSA) is 63.6 Å². The summed E-state index contributed by atoms with van der Waals surface area (Å²) in [5.41, 5.74) is -0.263. The molecule has 1 N–H and O–H groups in total. The molecule has 18 heavy (non-hydrogen) atoms. The SMILES string of the molecule is CC1(OC(=O)CCSCCC(=O)O)CCCCC1. The number of carbonyl (C=O) groups excluding carboxylic acids is 1. The molecular formula is C13H22O4S. The average Bonchev–Trinajstić information content (AvgIpc) is 2.28. The van der Waals surface area contributed by atoms with Crippen molar-refractivity contribution >= 4 is 23.7 Å². The Hall–Kier alpha value is -0.710. The van der Waals surface area contributed by atoms with Crippen molar-refractivity contribution in [3.05, 3.63) is 0 Å². The first kappa shape index (κ1) is 15.3. The molecule has 104 valence electrons. The van der Waals surface area contributed by atoms with Crippen LogP contribution in [0, 0.1) is 0 Å². The summed E-state index contributed by atoms with van der Waals surface area (Å²) in [6.45, 7) is 2.02. The van der Waals surface area contributed by atoms with Gasteiger partial charge in [0.05, 0.1) is 12.8 Å². The predicted molar refractivity (Wildman–Crippen MR) is 71.8 cm³/mol. The molecule has 0 heterocycles. The van der Waals surface area contributed by atoms with Crippen molar-refractivity contribution in [3.8, 4) is 0 Å². The van der Waals surface area contributed by atoms with Crippen LogP contribution in [-0.2, 0) is 14.3 Å². The molecule has 0 spiro atoms. The zero-order chi connectivity index (χ0) is 13.4. The third-order valence-electron chi connectivity index (χ3n) is 3.18. The van der Waals surface area contributed by atoms with Crippen LogP contribution >= 0.6 is 11.8 Å². The second kappa shape index (κ2) is 7.67. The van der Waals surface area contributed by atoms with Gasteiger partial charge in [0.25, 0.3) is 0 Å². The number of ether oxygens (including phenoxy) is 1. The Labute approximate surface area is 112 Å². The van der Waals surface area contributed by atoms with Crippen LogP contribution in [0.25, 0.3) is 0 Å². The van der Waals surface area contributed by atoms with Gasteiger partial charge in [-0.2, -0.15) is 11.8 Å². The Morgan fingerprint density at radius 3 is 2.39 bits per heavy atom. The summed E-state index contributed by atoms with van der Waals surface area (Å²) < 4.78 is 5.54. The van der Waals surface area contributed by atoms with Gasteiger partial charge in [0, 0.05) is 11.5 Å². The Morgan fingerprint density at radius 1 is 1.17 bits per heavy atom. The number of esters is 1. The molecule has 0 aliphatic heterocycles. The Balaban J connectivity index is 2.11. The largest absolute Gasteiger partial charge is 0.481 e. The van der Waals surface area contributed by atoms with Crippen LogP contribution < -0.4 is 0 Å². The van der Waals surface area contributed by atoms with Gasteiger partial charge in [0.1, 0.15) is 5.60 Å². The number of thioether (sulfide) groups is 1. The van der Waals surface area contributed by atoms with Gasteiger partial charge in [-0.15, -0.1) is 0 Å². The van der Waals surface area contributed by atoms with Crippen molar-refractivity contribution in [3.63, 3.8) is 0 Å². The molecule has 5 heteroatoms. The van der Waals surface area contributed by atoms with E-state index in [0.717, 1.165) is 25.7 Å². The fourth-order valence-corrected chi connectivity index (χ4v) is 2.98. The normalized spacial score (nSPS) is 18.3. The Bertz CT molecular complexity index is 285. The summed E-state index contributed by atoms with van der Waals surface area (Å²) in [4.78, 5) is 22.0. The van der Waals surface area contributed by atoms with Crippen molar-refractivity contribution in [2.24, 2.45) is 0 Å². The lowest BCUT2D eigenvalue weighted by Crippen LogP contribution is -2.34. The summed E-state index contributed by atoms with van der Waals surface area (Å²) in [6.07, 6.45) is 5.96. The van der Waals surface area contributed by atoms with E-state index in [2.05, 4.69) is 0 Å². The van der Waals surface area contributed by atoms with E-state index in [-0.39, 0.29) is 18.0 Å². The third-order valence-corrected chi connectivity index (χ3v) is 4.17. The smallest absolute Gasteiger partial charge is 0.307 e. The standard InChI is InChI=1S/C13H22O4S/c1-13(7-3-2-4-8-13)17-12(16)6-10-18-9-5-11(14)15/h2-10H2,1H3,(H,14,15). The maximum Gasteiger partial charge on any atom is 0.307 e. The molecule has 1 rings (SSSR count). The Kier molecular flexibility index (Phi) is 6.54. The zero-order valence-corrected chi connectivity index (χ0v) is 11.8. The maximum absolute atomic E-state index is 11.7. The molecule has 0 radical (unpaired) electrons. The van der Waals surface area contributed by atoms with E-state index in [0.29, 0.717) is 17.9 Å². The van der Waals surface area contributed by atoms with Gasteiger partial charge in [0.15, 0.2) is 0 Å². The van der Waals surface area contributed by atoms with Crippen molar-refractivity contribution in [2.75, 3.05) is 11.5 Å². The van der Waals surface area contributed by atoms with Gasteiger partial charge in [-0.05, 0) is 32.6 Å². The highest BCUT2D eigenvalue weighted by Crippen LogP contribution is 2.31. The van der Waals surface area contributed by atoms with Crippen LogP contribution in [0.5, 0.6) is 0 Å². The predicted octanol–water partition coefficient (Wildman–Crippen LogP) is 2.85. The van der Waals surface area contributed by atoms with E-state index < -0.39 is 5.97 Å². The fourth-order valence-electron chi connectivity index (χ4n) is 2.14. The average molecular weight is 274 g/mol. The number of rotatable bonds is 7.